The van der Waals surface area contributed by atoms with E-state index in [1.807, 2.05) is 12.1 Å². The molecule has 0 fully saturated rings. The Kier molecular flexibility index (Phi) is 6.24. The highest BCUT2D eigenvalue weighted by Gasteiger charge is 2.14. The summed E-state index contributed by atoms with van der Waals surface area (Å²) in [4.78, 5) is 26.1. The molecule has 4 N–H and O–H groups in total. The molecule has 0 aliphatic heterocycles. The van der Waals surface area contributed by atoms with E-state index in [9.17, 15) is 18.0 Å². The van der Waals surface area contributed by atoms with Crippen LogP contribution in [-0.4, -0.2) is 25.2 Å². The molecule has 8 nitrogen and oxygen atoms in total. The molecule has 154 valence electrons. The van der Waals surface area contributed by atoms with Crippen molar-refractivity contribution in [3.8, 4) is 11.1 Å². The minimum absolute atomic E-state index is 0.0285. The predicted octanol–water partition coefficient (Wildman–Crippen LogP) is 2.28. The highest BCUT2D eigenvalue weighted by Crippen LogP contribution is 2.23. The second kappa shape index (κ2) is 8.85. The molecule has 0 saturated carbocycles. The van der Waals surface area contributed by atoms with Crippen LogP contribution in [0.5, 0.6) is 0 Å². The molecular weight excluding hydrogens is 404 g/mol. The van der Waals surface area contributed by atoms with Crippen LogP contribution in [0.4, 0.5) is 5.69 Å². The van der Waals surface area contributed by atoms with Crippen LogP contribution in [0.15, 0.2) is 71.8 Å². The van der Waals surface area contributed by atoms with Crippen molar-refractivity contribution in [2.45, 2.75) is 18.4 Å². The summed E-state index contributed by atoms with van der Waals surface area (Å²) in [5, 5.41) is 2.69. The summed E-state index contributed by atoms with van der Waals surface area (Å²) in [6.07, 6.45) is 1.40. The van der Waals surface area contributed by atoms with E-state index in [4.69, 9.17) is 5.73 Å². The molecule has 0 spiro atoms. The average Bonchev–Trinajstić information content (AvgIpc) is 2.73. The molecule has 2 amide bonds. The van der Waals surface area contributed by atoms with E-state index >= 15 is 0 Å². The van der Waals surface area contributed by atoms with Gasteiger partial charge in [0.15, 0.2) is 0 Å². The molecule has 2 aromatic carbocycles. The Morgan fingerprint density at radius 1 is 0.933 bits per heavy atom. The summed E-state index contributed by atoms with van der Waals surface area (Å²) >= 11 is 0. The second-order valence-electron chi connectivity index (χ2n) is 6.52. The number of anilines is 1. The molecule has 3 rings (SSSR count). The fraction of sp³-hybridized carbons (Fsp3) is 0.0952. The number of pyridine rings is 1. The van der Waals surface area contributed by atoms with Crippen molar-refractivity contribution in [1.29, 1.82) is 0 Å². The van der Waals surface area contributed by atoms with Gasteiger partial charge in [-0.25, -0.2) is 13.1 Å². The van der Waals surface area contributed by atoms with Crippen molar-refractivity contribution in [3.63, 3.8) is 0 Å². The molecule has 0 aliphatic carbocycles. The molecule has 1 heterocycles. The van der Waals surface area contributed by atoms with Crippen molar-refractivity contribution < 1.29 is 18.0 Å². The standard InChI is InChI=1S/C21H20N4O4S/c1-14(26)25-18-7-3-16(4-8-18)17-5-9-19(10-6-17)30(28,29)24-13-15-2-11-20(21(22)27)23-12-15/h2-12,24H,13H2,1H3,(H2,22,27)(H,25,26). The first-order valence-electron chi connectivity index (χ1n) is 8.97. The zero-order valence-electron chi connectivity index (χ0n) is 16.1. The van der Waals surface area contributed by atoms with Crippen molar-refractivity contribution in [1.82, 2.24) is 9.71 Å². The number of nitrogens with one attached hydrogen (secondary N) is 2. The number of nitrogens with zero attached hydrogens (tertiary/aromatic N) is 1. The van der Waals surface area contributed by atoms with E-state index in [2.05, 4.69) is 15.0 Å². The van der Waals surface area contributed by atoms with Crippen LogP contribution in [-0.2, 0) is 21.4 Å². The van der Waals surface area contributed by atoms with Crippen LogP contribution in [0, 0.1) is 0 Å². The summed E-state index contributed by atoms with van der Waals surface area (Å²) in [6.45, 7) is 1.47. The molecule has 9 heteroatoms. The largest absolute Gasteiger partial charge is 0.364 e. The molecule has 0 atom stereocenters. The number of hydrogen-bond acceptors (Lipinski definition) is 5. The lowest BCUT2D eigenvalue weighted by Crippen LogP contribution is -2.23. The highest BCUT2D eigenvalue weighted by atomic mass is 32.2. The molecule has 0 saturated heterocycles. The molecule has 1 aromatic heterocycles. The van der Waals surface area contributed by atoms with Crippen molar-refractivity contribution in [2.75, 3.05) is 5.32 Å². The van der Waals surface area contributed by atoms with Crippen LogP contribution in [0.2, 0.25) is 0 Å². The number of carbonyl (C=O) groups is 2. The second-order valence-corrected chi connectivity index (χ2v) is 8.29. The van der Waals surface area contributed by atoms with Crippen molar-refractivity contribution in [3.05, 3.63) is 78.1 Å². The van der Waals surface area contributed by atoms with Gasteiger partial charge < -0.3 is 11.1 Å². The summed E-state index contributed by atoms with van der Waals surface area (Å²) in [6, 6.07) is 16.7. The maximum atomic E-state index is 12.5. The first kappa shape index (κ1) is 21.2. The number of nitrogens with two attached hydrogens (primary N) is 1. The molecular formula is C21H20N4O4S. The fourth-order valence-electron chi connectivity index (χ4n) is 2.71. The Hall–Kier alpha value is -3.56. The quantitative estimate of drug-likeness (QED) is 0.535. The third-order valence-electron chi connectivity index (χ3n) is 4.25. The van der Waals surface area contributed by atoms with Crippen LogP contribution < -0.4 is 15.8 Å². The van der Waals surface area contributed by atoms with E-state index in [1.54, 1.807) is 30.3 Å². The number of benzene rings is 2. The van der Waals surface area contributed by atoms with Gasteiger partial charge in [0.2, 0.25) is 15.9 Å². The summed E-state index contributed by atoms with van der Waals surface area (Å²) in [5.74, 6) is -0.795. The molecule has 0 radical (unpaired) electrons. The fourth-order valence-corrected chi connectivity index (χ4v) is 3.73. The summed E-state index contributed by atoms with van der Waals surface area (Å²) < 4.78 is 27.6. The number of rotatable bonds is 7. The van der Waals surface area contributed by atoms with Gasteiger partial charge in [0, 0.05) is 25.4 Å². The normalized spacial score (nSPS) is 11.1. The van der Waals surface area contributed by atoms with Gasteiger partial charge in [-0.05, 0) is 47.0 Å². The third-order valence-corrected chi connectivity index (χ3v) is 5.66. The Morgan fingerprint density at radius 2 is 1.53 bits per heavy atom. The maximum absolute atomic E-state index is 12.5. The smallest absolute Gasteiger partial charge is 0.267 e. The van der Waals surface area contributed by atoms with E-state index in [0.717, 1.165) is 11.1 Å². The lowest BCUT2D eigenvalue weighted by Gasteiger charge is -2.09. The first-order valence-corrected chi connectivity index (χ1v) is 10.5. The summed E-state index contributed by atoms with van der Waals surface area (Å²) in [5.41, 5.74) is 8.26. The SMILES string of the molecule is CC(=O)Nc1ccc(-c2ccc(S(=O)(=O)NCc3ccc(C(N)=O)nc3)cc2)cc1. The van der Waals surface area contributed by atoms with E-state index < -0.39 is 15.9 Å². The van der Waals surface area contributed by atoms with Gasteiger partial charge in [-0.15, -0.1) is 0 Å². The Labute approximate surface area is 174 Å². The van der Waals surface area contributed by atoms with Crippen LogP contribution >= 0.6 is 0 Å². The topological polar surface area (TPSA) is 131 Å². The molecule has 0 aliphatic rings. The highest BCUT2D eigenvalue weighted by molar-refractivity contribution is 7.89. The van der Waals surface area contributed by atoms with Gasteiger partial charge in [0.05, 0.1) is 4.90 Å². The maximum Gasteiger partial charge on any atom is 0.267 e. The molecule has 30 heavy (non-hydrogen) atoms. The lowest BCUT2D eigenvalue weighted by atomic mass is 10.1. The zero-order valence-corrected chi connectivity index (χ0v) is 16.9. The first-order chi connectivity index (χ1) is 14.2. The number of carbonyl (C=O) groups excluding carboxylic acids is 2. The van der Waals surface area contributed by atoms with Crippen molar-refractivity contribution in [2.24, 2.45) is 5.73 Å². The van der Waals surface area contributed by atoms with E-state index in [-0.39, 0.29) is 23.0 Å². The summed E-state index contributed by atoms with van der Waals surface area (Å²) in [7, 11) is -3.72. The minimum Gasteiger partial charge on any atom is -0.364 e. The van der Waals surface area contributed by atoms with Gasteiger partial charge in [0.1, 0.15) is 5.69 Å². The minimum atomic E-state index is -3.72. The van der Waals surface area contributed by atoms with Gasteiger partial charge in [-0.2, -0.15) is 0 Å². The van der Waals surface area contributed by atoms with Crippen molar-refractivity contribution >= 4 is 27.5 Å². The number of primary amides is 1. The van der Waals surface area contributed by atoms with Gasteiger partial charge >= 0.3 is 0 Å². The Morgan fingerprint density at radius 3 is 2.03 bits per heavy atom. The van der Waals surface area contributed by atoms with E-state index in [1.165, 1.54) is 31.3 Å². The zero-order chi connectivity index (χ0) is 21.7. The van der Waals surface area contributed by atoms with Crippen LogP contribution in [0.1, 0.15) is 23.0 Å². The number of hydrogen-bond donors (Lipinski definition) is 3. The molecule has 0 unspecified atom stereocenters. The Bertz CT molecular complexity index is 1160. The van der Waals surface area contributed by atoms with Gasteiger partial charge in [-0.3, -0.25) is 14.6 Å². The Balaban J connectivity index is 1.68. The molecule has 3 aromatic rings. The van der Waals surface area contributed by atoms with Gasteiger partial charge in [-0.1, -0.05) is 30.3 Å². The van der Waals surface area contributed by atoms with Gasteiger partial charge in [0.25, 0.3) is 5.91 Å². The average molecular weight is 424 g/mol. The van der Waals surface area contributed by atoms with Crippen LogP contribution in [0.3, 0.4) is 0 Å². The number of aromatic nitrogens is 1. The number of sulfonamides is 1. The predicted molar refractivity (Wildman–Crippen MR) is 113 cm³/mol. The lowest BCUT2D eigenvalue weighted by molar-refractivity contribution is -0.114. The van der Waals surface area contributed by atoms with Crippen LogP contribution in [0.25, 0.3) is 11.1 Å². The number of amides is 2. The third kappa shape index (κ3) is 5.28. The monoisotopic (exact) mass is 424 g/mol. The van der Waals surface area contributed by atoms with E-state index in [0.29, 0.717) is 11.3 Å². The molecule has 0 bridgehead atoms.